The Morgan fingerprint density at radius 3 is 2.65 bits per heavy atom. The largest absolute Gasteiger partial charge is 0.271 e. The molecule has 1 aromatic heterocycles. The normalized spacial score (nSPS) is 12.4. The lowest BCUT2D eigenvalue weighted by atomic mass is 9.98. The van der Waals surface area contributed by atoms with Gasteiger partial charge in [-0.05, 0) is 35.7 Å². The molecule has 0 fully saturated rings. The monoisotopic (exact) mass is 263 g/mol. The van der Waals surface area contributed by atoms with Crippen LogP contribution in [0.15, 0.2) is 66.9 Å². The summed E-state index contributed by atoms with van der Waals surface area (Å²) in [6.07, 6.45) is 2.67. The maximum atomic E-state index is 5.73. The van der Waals surface area contributed by atoms with Gasteiger partial charge in [-0.25, -0.2) is 0 Å². The van der Waals surface area contributed by atoms with Crippen LogP contribution in [0, 0.1) is 0 Å². The van der Waals surface area contributed by atoms with E-state index in [1.165, 1.54) is 11.1 Å². The summed E-state index contributed by atoms with van der Waals surface area (Å²) in [6.45, 7) is 0. The average Bonchev–Trinajstić information content (AvgIpc) is 2.53. The van der Waals surface area contributed by atoms with E-state index < -0.39 is 0 Å². The van der Waals surface area contributed by atoms with E-state index in [1.807, 2.05) is 36.5 Å². The summed E-state index contributed by atoms with van der Waals surface area (Å²) in [4.78, 5) is 4.34. The second-order valence-corrected chi connectivity index (χ2v) is 4.86. The van der Waals surface area contributed by atoms with Gasteiger partial charge in [-0.15, -0.1) is 0 Å². The van der Waals surface area contributed by atoms with Crippen LogP contribution in [0.4, 0.5) is 0 Å². The number of benzene rings is 2. The van der Waals surface area contributed by atoms with Gasteiger partial charge in [0.05, 0.1) is 11.6 Å². The minimum Gasteiger partial charge on any atom is -0.271 e. The lowest BCUT2D eigenvalue weighted by Crippen LogP contribution is -2.29. The molecule has 0 bridgehead atoms. The fraction of sp³-hybridized carbons (Fsp3) is 0.118. The first-order valence-corrected chi connectivity index (χ1v) is 6.71. The Kier molecular flexibility index (Phi) is 3.72. The second kappa shape index (κ2) is 5.82. The van der Waals surface area contributed by atoms with E-state index >= 15 is 0 Å². The van der Waals surface area contributed by atoms with Gasteiger partial charge in [0.25, 0.3) is 0 Å². The molecule has 0 radical (unpaired) electrons. The molecule has 1 heterocycles. The molecule has 3 aromatic rings. The number of aromatic nitrogens is 1. The van der Waals surface area contributed by atoms with Crippen LogP contribution < -0.4 is 11.3 Å². The quantitative estimate of drug-likeness (QED) is 0.562. The van der Waals surface area contributed by atoms with Crippen molar-refractivity contribution in [2.45, 2.75) is 12.5 Å². The maximum absolute atomic E-state index is 5.73. The van der Waals surface area contributed by atoms with Gasteiger partial charge >= 0.3 is 0 Å². The Morgan fingerprint density at radius 2 is 1.85 bits per heavy atom. The molecule has 0 amide bonds. The van der Waals surface area contributed by atoms with Gasteiger partial charge < -0.3 is 0 Å². The maximum Gasteiger partial charge on any atom is 0.0702 e. The number of nitrogens with zero attached hydrogens (tertiary/aromatic N) is 1. The van der Waals surface area contributed by atoms with Gasteiger partial charge in [0.1, 0.15) is 0 Å². The lowest BCUT2D eigenvalue weighted by Gasteiger charge is -2.17. The summed E-state index contributed by atoms with van der Waals surface area (Å²) in [7, 11) is 0. The third-order valence-electron chi connectivity index (χ3n) is 3.51. The fourth-order valence-corrected chi connectivity index (χ4v) is 2.43. The van der Waals surface area contributed by atoms with E-state index in [-0.39, 0.29) is 6.04 Å². The highest BCUT2D eigenvalue weighted by molar-refractivity contribution is 5.79. The van der Waals surface area contributed by atoms with Gasteiger partial charge in [0.15, 0.2) is 0 Å². The Labute approximate surface area is 118 Å². The third kappa shape index (κ3) is 2.69. The van der Waals surface area contributed by atoms with Crippen LogP contribution in [0.1, 0.15) is 17.2 Å². The number of hydrazine groups is 1. The molecule has 0 aliphatic rings. The number of rotatable bonds is 4. The molecule has 1 unspecified atom stereocenters. The van der Waals surface area contributed by atoms with E-state index in [2.05, 4.69) is 40.7 Å². The summed E-state index contributed by atoms with van der Waals surface area (Å²) >= 11 is 0. The Hall–Kier alpha value is -2.23. The van der Waals surface area contributed by atoms with Crippen LogP contribution in [-0.2, 0) is 6.42 Å². The minimum absolute atomic E-state index is 0.0991. The molecular weight excluding hydrogens is 246 g/mol. The molecule has 2 aromatic carbocycles. The molecule has 0 aliphatic heterocycles. The number of hydrogen-bond acceptors (Lipinski definition) is 3. The van der Waals surface area contributed by atoms with E-state index in [0.29, 0.717) is 0 Å². The zero-order chi connectivity index (χ0) is 13.8. The van der Waals surface area contributed by atoms with Crippen LogP contribution in [0.5, 0.6) is 0 Å². The number of hydrogen-bond donors (Lipinski definition) is 2. The Balaban J connectivity index is 1.91. The smallest absolute Gasteiger partial charge is 0.0702 e. The van der Waals surface area contributed by atoms with Gasteiger partial charge in [0, 0.05) is 11.6 Å². The van der Waals surface area contributed by atoms with Gasteiger partial charge in [-0.3, -0.25) is 16.3 Å². The summed E-state index contributed by atoms with van der Waals surface area (Å²) in [5, 5.41) is 1.14. The molecule has 1 atom stereocenters. The summed E-state index contributed by atoms with van der Waals surface area (Å²) in [5.74, 6) is 5.73. The van der Waals surface area contributed by atoms with Crippen molar-refractivity contribution in [3.63, 3.8) is 0 Å². The minimum atomic E-state index is 0.0991. The molecule has 3 N–H and O–H groups in total. The van der Waals surface area contributed by atoms with Crippen molar-refractivity contribution in [1.29, 1.82) is 0 Å². The predicted octanol–water partition coefficient (Wildman–Crippen LogP) is 2.98. The van der Waals surface area contributed by atoms with E-state index in [1.54, 1.807) is 0 Å². The third-order valence-corrected chi connectivity index (χ3v) is 3.51. The number of pyridine rings is 1. The van der Waals surface area contributed by atoms with E-state index in [4.69, 9.17) is 5.84 Å². The molecule has 100 valence electrons. The topological polar surface area (TPSA) is 50.9 Å². The van der Waals surface area contributed by atoms with Crippen molar-refractivity contribution in [3.05, 3.63) is 78.0 Å². The fourth-order valence-electron chi connectivity index (χ4n) is 2.43. The van der Waals surface area contributed by atoms with Crippen LogP contribution in [-0.4, -0.2) is 4.98 Å². The van der Waals surface area contributed by atoms with Crippen molar-refractivity contribution < 1.29 is 0 Å². The van der Waals surface area contributed by atoms with E-state index in [0.717, 1.165) is 17.3 Å². The average molecular weight is 263 g/mol. The van der Waals surface area contributed by atoms with Crippen molar-refractivity contribution >= 4 is 10.9 Å². The molecule has 3 nitrogen and oxygen atoms in total. The molecule has 20 heavy (non-hydrogen) atoms. The van der Waals surface area contributed by atoms with Crippen molar-refractivity contribution in [3.8, 4) is 0 Å². The highest BCUT2D eigenvalue weighted by Crippen LogP contribution is 2.21. The molecular formula is C17H17N3. The lowest BCUT2D eigenvalue weighted by molar-refractivity contribution is 0.552. The van der Waals surface area contributed by atoms with Crippen molar-refractivity contribution in [2.24, 2.45) is 5.84 Å². The first-order chi connectivity index (χ1) is 9.86. The van der Waals surface area contributed by atoms with E-state index in [9.17, 15) is 0 Å². The van der Waals surface area contributed by atoms with Gasteiger partial charge in [-0.2, -0.15) is 0 Å². The first kappa shape index (κ1) is 12.8. The van der Waals surface area contributed by atoms with Gasteiger partial charge in [-0.1, -0.05) is 42.5 Å². The number of fused-ring (bicyclic) bond motifs is 1. The molecule has 0 aliphatic carbocycles. The van der Waals surface area contributed by atoms with Crippen molar-refractivity contribution in [1.82, 2.24) is 10.4 Å². The number of nitrogens with two attached hydrogens (primary N) is 1. The molecule has 3 rings (SSSR count). The predicted molar refractivity (Wildman–Crippen MR) is 82.0 cm³/mol. The Bertz CT molecular complexity index is 695. The molecule has 0 saturated carbocycles. The highest BCUT2D eigenvalue weighted by atomic mass is 15.2. The Morgan fingerprint density at radius 1 is 1.00 bits per heavy atom. The van der Waals surface area contributed by atoms with Gasteiger partial charge in [0.2, 0.25) is 0 Å². The summed E-state index contributed by atoms with van der Waals surface area (Å²) in [5.41, 5.74) is 6.36. The van der Waals surface area contributed by atoms with Crippen LogP contribution >= 0.6 is 0 Å². The summed E-state index contributed by atoms with van der Waals surface area (Å²) in [6, 6.07) is 20.8. The SMILES string of the molecule is NNC(Cc1ccccc1)c1ccc2ncccc2c1. The second-order valence-electron chi connectivity index (χ2n) is 4.86. The molecule has 3 heteroatoms. The highest BCUT2D eigenvalue weighted by Gasteiger charge is 2.11. The van der Waals surface area contributed by atoms with Crippen LogP contribution in [0.2, 0.25) is 0 Å². The van der Waals surface area contributed by atoms with Crippen molar-refractivity contribution in [2.75, 3.05) is 0 Å². The zero-order valence-corrected chi connectivity index (χ0v) is 11.2. The number of nitrogens with one attached hydrogen (secondary N) is 1. The molecule has 0 saturated heterocycles. The molecule has 0 spiro atoms. The van der Waals surface area contributed by atoms with Crippen LogP contribution in [0.3, 0.4) is 0 Å². The van der Waals surface area contributed by atoms with Crippen LogP contribution in [0.25, 0.3) is 10.9 Å². The summed E-state index contributed by atoms with van der Waals surface area (Å²) < 4.78 is 0. The standard InChI is InChI=1S/C17H17N3/c18-20-17(11-13-5-2-1-3-6-13)15-8-9-16-14(12-15)7-4-10-19-16/h1-10,12,17,20H,11,18H2. The first-order valence-electron chi connectivity index (χ1n) is 6.71. The zero-order valence-electron chi connectivity index (χ0n) is 11.2.